The molecule has 0 aromatic carbocycles. The van der Waals surface area contributed by atoms with E-state index in [2.05, 4.69) is 5.32 Å². The van der Waals surface area contributed by atoms with Gasteiger partial charge in [-0.15, -0.1) is 0 Å². The molecule has 1 amide bonds. The van der Waals surface area contributed by atoms with Gasteiger partial charge in [-0.3, -0.25) is 43.6 Å². The Balaban J connectivity index is 2.21. The number of ether oxygens (including phenoxy) is 3. The molecule has 1 saturated carbocycles. The van der Waals surface area contributed by atoms with Gasteiger partial charge in [0.2, 0.25) is 5.91 Å². The van der Waals surface area contributed by atoms with Crippen LogP contribution in [0.2, 0.25) is 0 Å². The minimum Gasteiger partial charge on any atom is -0.481 e. The number of carbonyl (C=O) groups is 5. The summed E-state index contributed by atoms with van der Waals surface area (Å²) < 4.78 is 16.8. The molecule has 0 aromatic heterocycles. The van der Waals surface area contributed by atoms with Crippen LogP contribution < -0.4 is 5.32 Å². The van der Waals surface area contributed by atoms with Crippen molar-refractivity contribution < 1.29 is 43.3 Å². The maximum absolute atomic E-state index is 13.2. The number of nitrogens with zero attached hydrogens (tertiary/aromatic N) is 4. The topological polar surface area (TPSA) is 158 Å². The first-order valence-corrected chi connectivity index (χ1v) is 18.1. The van der Waals surface area contributed by atoms with E-state index in [4.69, 9.17) is 14.2 Å². The lowest BCUT2D eigenvalue weighted by molar-refractivity contribution is -0.158. The number of esters is 3. The molecule has 50 heavy (non-hydrogen) atoms. The number of carbonyl (C=O) groups excluding carboxylic acids is 4. The molecule has 14 nitrogen and oxygen atoms in total. The Morgan fingerprint density at radius 3 is 1.12 bits per heavy atom. The zero-order chi connectivity index (χ0) is 37.7. The molecule has 1 saturated heterocycles. The van der Waals surface area contributed by atoms with Crippen LogP contribution in [0.3, 0.4) is 0 Å². The predicted octanol–water partition coefficient (Wildman–Crippen LogP) is 2.24. The second-order valence-corrected chi connectivity index (χ2v) is 16.7. The molecule has 1 aliphatic heterocycles. The summed E-state index contributed by atoms with van der Waals surface area (Å²) >= 11 is 0. The first-order valence-electron chi connectivity index (χ1n) is 18.1. The van der Waals surface area contributed by atoms with Gasteiger partial charge in [-0.25, -0.2) is 0 Å². The van der Waals surface area contributed by atoms with Gasteiger partial charge < -0.3 is 24.6 Å². The smallest absolute Gasteiger partial charge is 0.320 e. The van der Waals surface area contributed by atoms with Gasteiger partial charge in [-0.1, -0.05) is 0 Å². The number of hydrogen-bond acceptors (Lipinski definition) is 12. The van der Waals surface area contributed by atoms with E-state index < -0.39 is 22.8 Å². The van der Waals surface area contributed by atoms with Crippen molar-refractivity contribution in [2.45, 2.75) is 105 Å². The van der Waals surface area contributed by atoms with Gasteiger partial charge >= 0.3 is 23.9 Å². The first-order chi connectivity index (χ1) is 23.1. The Labute approximate surface area is 299 Å². The maximum Gasteiger partial charge on any atom is 0.320 e. The Bertz CT molecular complexity index is 1070. The highest BCUT2D eigenvalue weighted by Gasteiger charge is 2.28. The van der Waals surface area contributed by atoms with Gasteiger partial charge in [0.05, 0.1) is 32.1 Å². The lowest BCUT2D eigenvalue weighted by Gasteiger charge is -2.34. The molecule has 2 rings (SSSR count). The lowest BCUT2D eigenvalue weighted by atomic mass is 9.82. The highest BCUT2D eigenvalue weighted by atomic mass is 16.6. The van der Waals surface area contributed by atoms with E-state index in [1.165, 1.54) is 0 Å². The summed E-state index contributed by atoms with van der Waals surface area (Å²) in [6, 6.07) is 0. The van der Waals surface area contributed by atoms with Gasteiger partial charge in [0.1, 0.15) is 16.8 Å². The van der Waals surface area contributed by atoms with Gasteiger partial charge in [0.15, 0.2) is 0 Å². The lowest BCUT2D eigenvalue weighted by Crippen LogP contribution is -2.50. The monoisotopic (exact) mass is 711 g/mol. The molecule has 0 unspecified atom stereocenters. The van der Waals surface area contributed by atoms with Gasteiger partial charge in [0, 0.05) is 58.9 Å². The summed E-state index contributed by atoms with van der Waals surface area (Å²) in [5.74, 6) is -1.99. The van der Waals surface area contributed by atoms with E-state index in [1.54, 1.807) is 0 Å². The Hall–Kier alpha value is -2.81. The fraction of sp³-hybridized carbons (Fsp3) is 0.861. The van der Waals surface area contributed by atoms with E-state index in [0.717, 1.165) is 12.8 Å². The van der Waals surface area contributed by atoms with Crippen LogP contribution in [0.1, 0.15) is 88.0 Å². The third kappa shape index (κ3) is 19.5. The van der Waals surface area contributed by atoms with Crippen molar-refractivity contribution in [3.05, 3.63) is 0 Å². The molecule has 14 heteroatoms. The molecule has 2 aliphatic rings. The fourth-order valence-electron chi connectivity index (χ4n) is 6.01. The first kappa shape index (κ1) is 43.4. The van der Waals surface area contributed by atoms with Crippen LogP contribution in [0.5, 0.6) is 0 Å². The molecule has 0 spiro atoms. The standard InChI is InChI=1S/C36H65N5O9/c1-34(2,3)48-30(43)24-39-16-14-38(23-29(42)37-22-27-10-12-28(13-11-27)33(46)47)15-17-40(25-31(44)49-35(4,5)6)19-21-41(20-18-39)26-32(45)50-36(7,8)9/h27-28H,10-26H2,1-9H3,(H,37,42)(H,46,47). The molecule has 2 N–H and O–H groups in total. The van der Waals surface area contributed by atoms with Gasteiger partial charge in [-0.2, -0.15) is 0 Å². The van der Waals surface area contributed by atoms with Crippen LogP contribution >= 0.6 is 0 Å². The molecule has 1 heterocycles. The highest BCUT2D eigenvalue weighted by Crippen LogP contribution is 2.28. The third-order valence-corrected chi connectivity index (χ3v) is 8.40. The molecule has 0 atom stereocenters. The molecule has 0 radical (unpaired) electrons. The zero-order valence-electron chi connectivity index (χ0n) is 32.2. The van der Waals surface area contributed by atoms with Crippen molar-refractivity contribution in [2.24, 2.45) is 11.8 Å². The fourth-order valence-corrected chi connectivity index (χ4v) is 6.01. The Morgan fingerprint density at radius 2 is 0.840 bits per heavy atom. The average molecular weight is 712 g/mol. The summed E-state index contributed by atoms with van der Waals surface area (Å²) in [5, 5.41) is 12.4. The summed E-state index contributed by atoms with van der Waals surface area (Å²) in [5.41, 5.74) is -1.91. The third-order valence-electron chi connectivity index (χ3n) is 8.40. The average Bonchev–Trinajstić information content (AvgIpc) is 2.94. The number of carboxylic acid groups (broad SMARTS) is 1. The van der Waals surface area contributed by atoms with Gasteiger partial charge in [-0.05, 0) is 93.9 Å². The minimum absolute atomic E-state index is 0.0569. The number of rotatable bonds is 11. The molecule has 0 bridgehead atoms. The van der Waals surface area contributed by atoms with E-state index in [1.807, 2.05) is 81.9 Å². The molecular formula is C36H65N5O9. The van der Waals surface area contributed by atoms with Crippen LogP contribution in [-0.4, -0.2) is 156 Å². The summed E-state index contributed by atoms with van der Waals surface area (Å²) in [7, 11) is 0. The molecule has 2 fully saturated rings. The van der Waals surface area contributed by atoms with E-state index in [0.29, 0.717) is 71.7 Å². The quantitative estimate of drug-likeness (QED) is 0.238. The summed E-state index contributed by atoms with van der Waals surface area (Å²) in [4.78, 5) is 71.2. The van der Waals surface area contributed by atoms with Crippen molar-refractivity contribution in [3.8, 4) is 0 Å². The Kier molecular flexibility index (Phi) is 17.1. The van der Waals surface area contributed by atoms with Crippen LogP contribution in [0, 0.1) is 11.8 Å². The maximum atomic E-state index is 13.2. The van der Waals surface area contributed by atoms with Crippen molar-refractivity contribution in [1.29, 1.82) is 0 Å². The number of amides is 1. The van der Waals surface area contributed by atoms with Crippen LogP contribution in [0.15, 0.2) is 0 Å². The van der Waals surface area contributed by atoms with Crippen molar-refractivity contribution in [1.82, 2.24) is 24.9 Å². The van der Waals surface area contributed by atoms with Crippen molar-refractivity contribution in [3.63, 3.8) is 0 Å². The zero-order valence-corrected chi connectivity index (χ0v) is 32.2. The van der Waals surface area contributed by atoms with Crippen LogP contribution in [0.25, 0.3) is 0 Å². The second kappa shape index (κ2) is 19.7. The number of carboxylic acids is 1. The summed E-state index contributed by atoms with van der Waals surface area (Å²) in [6.45, 7) is 21.0. The molecular weight excluding hydrogens is 646 g/mol. The minimum atomic E-state index is -0.750. The highest BCUT2D eigenvalue weighted by molar-refractivity contribution is 5.78. The van der Waals surface area contributed by atoms with E-state index in [-0.39, 0.29) is 61.8 Å². The number of nitrogens with one attached hydrogen (secondary N) is 1. The van der Waals surface area contributed by atoms with Crippen LogP contribution in [-0.2, 0) is 38.2 Å². The molecule has 288 valence electrons. The Morgan fingerprint density at radius 1 is 0.540 bits per heavy atom. The number of hydrogen-bond donors (Lipinski definition) is 2. The van der Waals surface area contributed by atoms with Crippen LogP contribution in [0.4, 0.5) is 0 Å². The van der Waals surface area contributed by atoms with E-state index >= 15 is 0 Å². The SMILES string of the molecule is CC(C)(C)OC(=O)CN1CCN(CC(=O)NCC2CCC(C(=O)O)CC2)CCN(CC(=O)OC(C)(C)C)CCN(CC(=O)OC(C)(C)C)CC1. The van der Waals surface area contributed by atoms with Crippen molar-refractivity contribution in [2.75, 3.05) is 85.1 Å². The van der Waals surface area contributed by atoms with Crippen molar-refractivity contribution >= 4 is 29.8 Å². The molecule has 1 aliphatic carbocycles. The summed E-state index contributed by atoms with van der Waals surface area (Å²) in [6.07, 6.45) is 2.78. The largest absolute Gasteiger partial charge is 0.481 e. The van der Waals surface area contributed by atoms with E-state index in [9.17, 15) is 29.1 Å². The normalized spacial score (nSPS) is 21.7. The predicted molar refractivity (Wildman–Crippen MR) is 189 cm³/mol. The molecule has 0 aromatic rings. The second-order valence-electron chi connectivity index (χ2n) is 16.7. The number of aliphatic carboxylic acids is 1. The van der Waals surface area contributed by atoms with Gasteiger partial charge in [0.25, 0.3) is 0 Å².